The SMILES string of the molecule is Cc1cc(-c2nn3c(-c4ccco4)nnc3s2)n(C)n1. The molecule has 4 aromatic heterocycles. The van der Waals surface area contributed by atoms with Crippen molar-refractivity contribution in [2.24, 2.45) is 7.05 Å². The number of aryl methyl sites for hydroxylation is 2. The van der Waals surface area contributed by atoms with Gasteiger partial charge in [-0.1, -0.05) is 11.3 Å². The average Bonchev–Trinajstić information content (AvgIpc) is 3.11. The van der Waals surface area contributed by atoms with E-state index in [1.807, 2.05) is 36.9 Å². The third-order valence-corrected chi connectivity index (χ3v) is 3.87. The molecule has 0 spiro atoms. The molecule has 0 aliphatic heterocycles. The van der Waals surface area contributed by atoms with E-state index in [1.165, 1.54) is 11.3 Å². The lowest BCUT2D eigenvalue weighted by Gasteiger charge is -1.94. The molecule has 0 amide bonds. The minimum Gasteiger partial charge on any atom is -0.461 e. The van der Waals surface area contributed by atoms with Gasteiger partial charge >= 0.3 is 0 Å². The van der Waals surface area contributed by atoms with Gasteiger partial charge in [0.05, 0.1) is 17.7 Å². The second-order valence-electron chi connectivity index (χ2n) is 4.40. The Balaban J connectivity index is 1.90. The van der Waals surface area contributed by atoms with Crippen LogP contribution < -0.4 is 0 Å². The highest BCUT2D eigenvalue weighted by molar-refractivity contribution is 7.19. The third-order valence-electron chi connectivity index (χ3n) is 2.95. The Hall–Kier alpha value is -2.48. The summed E-state index contributed by atoms with van der Waals surface area (Å²) in [6.07, 6.45) is 1.61. The number of hydrogen-bond acceptors (Lipinski definition) is 6. The summed E-state index contributed by atoms with van der Waals surface area (Å²) < 4.78 is 8.86. The summed E-state index contributed by atoms with van der Waals surface area (Å²) in [7, 11) is 1.90. The first kappa shape index (κ1) is 11.4. The molecular weight excluding hydrogens is 276 g/mol. The smallest absolute Gasteiger partial charge is 0.235 e. The molecule has 0 unspecified atom stereocenters. The van der Waals surface area contributed by atoms with Crippen molar-refractivity contribution in [2.45, 2.75) is 6.92 Å². The van der Waals surface area contributed by atoms with E-state index in [2.05, 4.69) is 20.4 Å². The predicted molar refractivity (Wildman–Crippen MR) is 73.3 cm³/mol. The van der Waals surface area contributed by atoms with Gasteiger partial charge in [-0.2, -0.15) is 14.7 Å². The monoisotopic (exact) mass is 286 g/mol. The molecule has 0 atom stereocenters. The highest BCUT2D eigenvalue weighted by Crippen LogP contribution is 2.28. The van der Waals surface area contributed by atoms with Crippen molar-refractivity contribution in [1.29, 1.82) is 0 Å². The number of nitrogens with zero attached hydrogens (tertiary/aromatic N) is 6. The van der Waals surface area contributed by atoms with Gasteiger partial charge < -0.3 is 4.42 Å². The minimum atomic E-state index is 0.603. The zero-order valence-electron chi connectivity index (χ0n) is 10.8. The molecule has 0 fully saturated rings. The van der Waals surface area contributed by atoms with Gasteiger partial charge in [-0.3, -0.25) is 4.68 Å². The molecule has 4 heterocycles. The fourth-order valence-corrected chi connectivity index (χ4v) is 2.98. The zero-order chi connectivity index (χ0) is 13.7. The minimum absolute atomic E-state index is 0.603. The molecule has 0 aliphatic rings. The van der Waals surface area contributed by atoms with E-state index in [4.69, 9.17) is 4.42 Å². The summed E-state index contributed by atoms with van der Waals surface area (Å²) in [6.45, 7) is 1.96. The van der Waals surface area contributed by atoms with Gasteiger partial charge in [0.25, 0.3) is 0 Å². The van der Waals surface area contributed by atoms with E-state index in [9.17, 15) is 0 Å². The molecule has 0 saturated heterocycles. The highest BCUT2D eigenvalue weighted by atomic mass is 32.1. The van der Waals surface area contributed by atoms with Crippen LogP contribution in [0, 0.1) is 6.92 Å². The first-order valence-electron chi connectivity index (χ1n) is 5.99. The van der Waals surface area contributed by atoms with E-state index >= 15 is 0 Å². The first-order chi connectivity index (χ1) is 9.72. The maximum Gasteiger partial charge on any atom is 0.235 e. The van der Waals surface area contributed by atoms with Gasteiger partial charge in [-0.05, 0) is 25.1 Å². The fourth-order valence-electron chi connectivity index (χ4n) is 2.09. The van der Waals surface area contributed by atoms with Crippen LogP contribution in [-0.2, 0) is 7.05 Å². The summed E-state index contributed by atoms with van der Waals surface area (Å²) >= 11 is 1.47. The van der Waals surface area contributed by atoms with Gasteiger partial charge in [0, 0.05) is 7.05 Å². The van der Waals surface area contributed by atoms with Crippen LogP contribution in [0.25, 0.3) is 27.2 Å². The molecular formula is C12H10N6OS. The molecule has 0 radical (unpaired) electrons. The van der Waals surface area contributed by atoms with Crippen molar-refractivity contribution in [3.63, 3.8) is 0 Å². The quantitative estimate of drug-likeness (QED) is 0.564. The van der Waals surface area contributed by atoms with Gasteiger partial charge in [0.15, 0.2) is 10.8 Å². The van der Waals surface area contributed by atoms with Gasteiger partial charge in [0.2, 0.25) is 10.8 Å². The van der Waals surface area contributed by atoms with Crippen LogP contribution in [-0.4, -0.2) is 29.6 Å². The second kappa shape index (κ2) is 4.01. The van der Waals surface area contributed by atoms with Crippen LogP contribution >= 0.6 is 11.3 Å². The number of fused-ring (bicyclic) bond motifs is 1. The van der Waals surface area contributed by atoms with E-state index < -0.39 is 0 Å². The van der Waals surface area contributed by atoms with Crippen LogP contribution in [0.3, 0.4) is 0 Å². The van der Waals surface area contributed by atoms with Crippen LogP contribution in [0.2, 0.25) is 0 Å². The Morgan fingerprint density at radius 3 is 2.85 bits per heavy atom. The van der Waals surface area contributed by atoms with Gasteiger partial charge in [0.1, 0.15) is 0 Å². The maximum atomic E-state index is 5.35. The molecule has 0 aromatic carbocycles. The van der Waals surface area contributed by atoms with Crippen molar-refractivity contribution in [1.82, 2.24) is 29.6 Å². The van der Waals surface area contributed by atoms with Crippen LogP contribution in [0.5, 0.6) is 0 Å². The number of hydrogen-bond donors (Lipinski definition) is 0. The first-order valence-corrected chi connectivity index (χ1v) is 6.81. The molecule has 0 saturated carbocycles. The molecule has 7 nitrogen and oxygen atoms in total. The van der Waals surface area contributed by atoms with Crippen LogP contribution in [0.4, 0.5) is 0 Å². The van der Waals surface area contributed by atoms with Crippen molar-refractivity contribution in [3.8, 4) is 22.3 Å². The fraction of sp³-hybridized carbons (Fsp3) is 0.167. The molecule has 4 rings (SSSR count). The van der Waals surface area contributed by atoms with E-state index in [0.29, 0.717) is 11.6 Å². The van der Waals surface area contributed by atoms with E-state index in [-0.39, 0.29) is 0 Å². The molecule has 0 bridgehead atoms. The Kier molecular flexibility index (Phi) is 2.27. The van der Waals surface area contributed by atoms with Crippen molar-refractivity contribution < 1.29 is 4.42 Å². The summed E-state index contributed by atoms with van der Waals surface area (Å²) in [5.74, 6) is 1.25. The predicted octanol–water partition coefficient (Wildman–Crippen LogP) is 2.15. The van der Waals surface area contributed by atoms with Gasteiger partial charge in [-0.25, -0.2) is 0 Å². The Morgan fingerprint density at radius 2 is 2.15 bits per heavy atom. The van der Waals surface area contributed by atoms with E-state index in [0.717, 1.165) is 21.4 Å². The third kappa shape index (κ3) is 1.58. The standard InChI is InChI=1S/C12H10N6OS/c1-7-6-8(17(2)15-7)11-16-18-10(9-4-3-5-19-9)13-14-12(18)20-11/h3-6H,1-2H3. The topological polar surface area (TPSA) is 74.0 Å². The Labute approximate surface area is 117 Å². The van der Waals surface area contributed by atoms with Gasteiger partial charge in [-0.15, -0.1) is 10.2 Å². The molecule has 100 valence electrons. The lowest BCUT2D eigenvalue weighted by molar-refractivity contribution is 0.575. The lowest BCUT2D eigenvalue weighted by Crippen LogP contribution is -1.95. The maximum absolute atomic E-state index is 5.35. The molecule has 20 heavy (non-hydrogen) atoms. The Bertz CT molecular complexity index is 885. The normalized spacial score (nSPS) is 11.5. The van der Waals surface area contributed by atoms with Crippen molar-refractivity contribution in [2.75, 3.05) is 0 Å². The van der Waals surface area contributed by atoms with Crippen LogP contribution in [0.1, 0.15) is 5.69 Å². The summed E-state index contributed by atoms with van der Waals surface area (Å²) in [6, 6.07) is 5.65. The molecule has 0 aliphatic carbocycles. The molecule has 8 heteroatoms. The average molecular weight is 286 g/mol. The second-order valence-corrected chi connectivity index (χ2v) is 5.35. The molecule has 0 N–H and O–H groups in total. The van der Waals surface area contributed by atoms with Crippen molar-refractivity contribution in [3.05, 3.63) is 30.2 Å². The summed E-state index contributed by atoms with van der Waals surface area (Å²) in [5, 5.41) is 18.0. The molecule has 4 aromatic rings. The zero-order valence-corrected chi connectivity index (χ0v) is 11.6. The Morgan fingerprint density at radius 1 is 1.25 bits per heavy atom. The lowest BCUT2D eigenvalue weighted by atomic mass is 10.4. The number of furan rings is 1. The largest absolute Gasteiger partial charge is 0.461 e. The number of aromatic nitrogens is 6. The number of rotatable bonds is 2. The highest BCUT2D eigenvalue weighted by Gasteiger charge is 2.17. The van der Waals surface area contributed by atoms with E-state index in [1.54, 1.807) is 10.8 Å². The summed E-state index contributed by atoms with van der Waals surface area (Å²) in [5.41, 5.74) is 1.92. The van der Waals surface area contributed by atoms with Crippen LogP contribution in [0.15, 0.2) is 28.9 Å². The van der Waals surface area contributed by atoms with Crippen molar-refractivity contribution >= 4 is 16.3 Å². The summed E-state index contributed by atoms with van der Waals surface area (Å²) in [4.78, 5) is 0.727.